The Bertz CT molecular complexity index is 1090. The molecule has 0 radical (unpaired) electrons. The molecular formula is C23H18ClN3O2S. The maximum absolute atomic E-state index is 12.6. The Balaban J connectivity index is 1.70. The van der Waals surface area contributed by atoms with E-state index in [1.165, 1.54) is 17.6 Å². The van der Waals surface area contributed by atoms with Crippen LogP contribution in [0.25, 0.3) is 12.2 Å². The summed E-state index contributed by atoms with van der Waals surface area (Å²) in [5.41, 5.74) is 3.77. The van der Waals surface area contributed by atoms with Gasteiger partial charge in [-0.3, -0.25) is 9.59 Å². The molecule has 0 spiro atoms. The highest BCUT2D eigenvalue weighted by Crippen LogP contribution is 2.16. The number of amides is 2. The number of thiophene rings is 1. The topological polar surface area (TPSA) is 70.6 Å². The predicted octanol–water partition coefficient (Wildman–Crippen LogP) is 4.99. The zero-order chi connectivity index (χ0) is 21.2. The first-order chi connectivity index (χ1) is 14.6. The molecule has 0 saturated heterocycles. The number of carbonyl (C=O) groups is 2. The number of carbonyl (C=O) groups excluding carboxylic acids is 2. The third kappa shape index (κ3) is 6.27. The van der Waals surface area contributed by atoms with Gasteiger partial charge >= 0.3 is 0 Å². The molecule has 0 aliphatic heterocycles. The molecular weight excluding hydrogens is 418 g/mol. The van der Waals surface area contributed by atoms with Crippen LogP contribution in [0.5, 0.6) is 0 Å². The van der Waals surface area contributed by atoms with Crippen LogP contribution in [0.2, 0.25) is 5.02 Å². The molecule has 0 aliphatic carbocycles. The monoisotopic (exact) mass is 435 g/mol. The zero-order valence-corrected chi connectivity index (χ0v) is 17.4. The molecule has 150 valence electrons. The van der Waals surface area contributed by atoms with Crippen LogP contribution in [-0.2, 0) is 4.79 Å². The van der Waals surface area contributed by atoms with Gasteiger partial charge in [0.25, 0.3) is 11.8 Å². The minimum Gasteiger partial charge on any atom is -0.317 e. The van der Waals surface area contributed by atoms with Gasteiger partial charge in [0.2, 0.25) is 0 Å². The Hall–Kier alpha value is -3.48. The second-order valence-electron chi connectivity index (χ2n) is 6.00. The van der Waals surface area contributed by atoms with E-state index in [0.29, 0.717) is 5.02 Å². The Labute approximate surface area is 183 Å². The summed E-state index contributed by atoms with van der Waals surface area (Å²) in [6, 6.07) is 20.0. The molecule has 0 saturated carbocycles. The summed E-state index contributed by atoms with van der Waals surface area (Å²) in [5, 5.41) is 8.71. The van der Waals surface area contributed by atoms with E-state index >= 15 is 0 Å². The van der Waals surface area contributed by atoms with Crippen LogP contribution in [0.3, 0.4) is 0 Å². The van der Waals surface area contributed by atoms with Gasteiger partial charge in [0.1, 0.15) is 5.70 Å². The molecule has 30 heavy (non-hydrogen) atoms. The quantitative estimate of drug-likeness (QED) is 0.312. The van der Waals surface area contributed by atoms with Crippen molar-refractivity contribution in [3.05, 3.63) is 105 Å². The summed E-state index contributed by atoms with van der Waals surface area (Å²) in [6.45, 7) is 0. The lowest BCUT2D eigenvalue weighted by Crippen LogP contribution is -2.32. The fourth-order valence-corrected chi connectivity index (χ4v) is 3.31. The lowest BCUT2D eigenvalue weighted by atomic mass is 10.2. The van der Waals surface area contributed by atoms with E-state index in [1.54, 1.807) is 36.4 Å². The molecule has 1 heterocycles. The Morgan fingerprint density at radius 3 is 2.47 bits per heavy atom. The van der Waals surface area contributed by atoms with Crippen LogP contribution < -0.4 is 10.7 Å². The van der Waals surface area contributed by atoms with E-state index in [4.69, 9.17) is 11.6 Å². The van der Waals surface area contributed by atoms with Gasteiger partial charge < -0.3 is 5.32 Å². The van der Waals surface area contributed by atoms with Crippen LogP contribution in [0.1, 0.15) is 20.8 Å². The first-order valence-corrected chi connectivity index (χ1v) is 10.3. The average Bonchev–Trinajstić information content (AvgIpc) is 3.27. The van der Waals surface area contributed by atoms with Crippen LogP contribution >= 0.6 is 22.9 Å². The van der Waals surface area contributed by atoms with Crippen molar-refractivity contribution in [2.75, 3.05) is 0 Å². The van der Waals surface area contributed by atoms with Crippen LogP contribution in [0, 0.1) is 0 Å². The number of allylic oxidation sites excluding steroid dienone is 1. The number of hydrogen-bond donors (Lipinski definition) is 2. The standard InChI is InChI=1S/C23H18ClN3O2S/c24-20-13-5-4-12-19(20)22(28)26-21(16-18-11-7-15-30-18)23(29)27-25-14-6-10-17-8-2-1-3-9-17/h1-16H,(H,26,28)(H,27,29). The van der Waals surface area contributed by atoms with Crippen molar-refractivity contribution >= 4 is 53.1 Å². The molecule has 2 amide bonds. The van der Waals surface area contributed by atoms with E-state index in [-0.39, 0.29) is 11.3 Å². The van der Waals surface area contributed by atoms with Crippen molar-refractivity contribution in [2.45, 2.75) is 0 Å². The normalized spacial score (nSPS) is 11.7. The predicted molar refractivity (Wildman–Crippen MR) is 123 cm³/mol. The van der Waals surface area contributed by atoms with Crippen molar-refractivity contribution in [1.82, 2.24) is 10.7 Å². The average molecular weight is 436 g/mol. The van der Waals surface area contributed by atoms with Gasteiger partial charge in [0, 0.05) is 11.1 Å². The lowest BCUT2D eigenvalue weighted by molar-refractivity contribution is -0.117. The van der Waals surface area contributed by atoms with Crippen LogP contribution in [0.15, 0.2) is 89.0 Å². The zero-order valence-electron chi connectivity index (χ0n) is 15.8. The van der Waals surface area contributed by atoms with Crippen LogP contribution in [0.4, 0.5) is 0 Å². The number of halogens is 1. The van der Waals surface area contributed by atoms with Gasteiger partial charge in [-0.25, -0.2) is 5.43 Å². The Kier molecular flexibility index (Phi) is 7.71. The van der Waals surface area contributed by atoms with Crippen molar-refractivity contribution < 1.29 is 9.59 Å². The molecule has 3 rings (SSSR count). The molecule has 0 atom stereocenters. The molecule has 0 aliphatic rings. The van der Waals surface area contributed by atoms with Crippen molar-refractivity contribution in [1.29, 1.82) is 0 Å². The molecule has 3 aromatic rings. The third-order valence-corrected chi connectivity index (χ3v) is 5.00. The third-order valence-electron chi connectivity index (χ3n) is 3.86. The van der Waals surface area contributed by atoms with E-state index < -0.39 is 11.8 Å². The number of hydrazone groups is 1. The minimum absolute atomic E-state index is 0.0616. The number of hydrogen-bond acceptors (Lipinski definition) is 4. The first kappa shape index (κ1) is 21.2. The summed E-state index contributed by atoms with van der Waals surface area (Å²) in [7, 11) is 0. The largest absolute Gasteiger partial charge is 0.317 e. The molecule has 2 N–H and O–H groups in total. The molecule has 1 aromatic heterocycles. The molecule has 5 nitrogen and oxygen atoms in total. The van der Waals surface area contributed by atoms with Gasteiger partial charge in [-0.05, 0) is 41.3 Å². The number of benzene rings is 2. The highest BCUT2D eigenvalue weighted by molar-refractivity contribution is 7.10. The smallest absolute Gasteiger partial charge is 0.287 e. The molecule has 0 unspecified atom stereocenters. The fourth-order valence-electron chi connectivity index (χ4n) is 2.43. The SMILES string of the molecule is O=C(NN=CC=Cc1ccccc1)C(=Cc1cccs1)NC(=O)c1ccccc1Cl. The van der Waals surface area contributed by atoms with Gasteiger partial charge in [0.05, 0.1) is 10.6 Å². The molecule has 0 bridgehead atoms. The summed E-state index contributed by atoms with van der Waals surface area (Å²) in [6.07, 6.45) is 6.62. The van der Waals surface area contributed by atoms with Gasteiger partial charge in [-0.15, -0.1) is 11.3 Å². The fraction of sp³-hybridized carbons (Fsp3) is 0. The Morgan fingerprint density at radius 1 is 0.967 bits per heavy atom. The molecule has 7 heteroatoms. The highest BCUT2D eigenvalue weighted by Gasteiger charge is 2.16. The number of nitrogens with one attached hydrogen (secondary N) is 2. The van der Waals surface area contributed by atoms with Gasteiger partial charge in [-0.2, -0.15) is 5.10 Å². The van der Waals surface area contributed by atoms with Crippen molar-refractivity contribution in [2.24, 2.45) is 5.10 Å². The minimum atomic E-state index is -0.548. The summed E-state index contributed by atoms with van der Waals surface area (Å²) in [5.74, 6) is -1.03. The number of rotatable bonds is 7. The van der Waals surface area contributed by atoms with E-state index in [2.05, 4.69) is 15.8 Å². The summed E-state index contributed by atoms with van der Waals surface area (Å²) < 4.78 is 0. The first-order valence-electron chi connectivity index (χ1n) is 8.99. The number of nitrogens with zero attached hydrogens (tertiary/aromatic N) is 1. The highest BCUT2D eigenvalue weighted by atomic mass is 35.5. The lowest BCUT2D eigenvalue weighted by Gasteiger charge is -2.09. The van der Waals surface area contributed by atoms with Crippen molar-refractivity contribution in [3.63, 3.8) is 0 Å². The van der Waals surface area contributed by atoms with E-state index in [0.717, 1.165) is 10.4 Å². The summed E-state index contributed by atoms with van der Waals surface area (Å²) in [4.78, 5) is 26.0. The van der Waals surface area contributed by atoms with Gasteiger partial charge in [-0.1, -0.05) is 66.2 Å². The Morgan fingerprint density at radius 2 is 1.73 bits per heavy atom. The molecule has 2 aromatic carbocycles. The second kappa shape index (κ2) is 10.9. The maximum Gasteiger partial charge on any atom is 0.287 e. The van der Waals surface area contributed by atoms with Gasteiger partial charge in [0.15, 0.2) is 0 Å². The van der Waals surface area contributed by atoms with E-state index in [9.17, 15) is 9.59 Å². The summed E-state index contributed by atoms with van der Waals surface area (Å²) >= 11 is 7.52. The van der Waals surface area contributed by atoms with Crippen molar-refractivity contribution in [3.8, 4) is 0 Å². The second-order valence-corrected chi connectivity index (χ2v) is 7.38. The molecule has 0 fully saturated rings. The maximum atomic E-state index is 12.6. The van der Waals surface area contributed by atoms with Crippen LogP contribution in [-0.4, -0.2) is 18.0 Å². The van der Waals surface area contributed by atoms with E-state index in [1.807, 2.05) is 53.9 Å².